The Balaban J connectivity index is 2.42. The minimum atomic E-state index is -3.76. The first-order valence-corrected chi connectivity index (χ1v) is 10.4. The topological polar surface area (TPSA) is 110 Å². The molecule has 150 valence electrons. The summed E-state index contributed by atoms with van der Waals surface area (Å²) in [4.78, 5) is 23.4. The Bertz CT molecular complexity index is 1030. The molecule has 8 nitrogen and oxygen atoms in total. The smallest absolute Gasteiger partial charge is 0.274 e. The normalized spacial score (nSPS) is 12.3. The van der Waals surface area contributed by atoms with Gasteiger partial charge in [0.25, 0.3) is 5.69 Å². The van der Waals surface area contributed by atoms with E-state index in [1.807, 2.05) is 13.0 Å². The molecule has 0 aliphatic heterocycles. The monoisotopic (exact) mass is 405 g/mol. The van der Waals surface area contributed by atoms with Crippen molar-refractivity contribution in [1.82, 2.24) is 0 Å². The van der Waals surface area contributed by atoms with Gasteiger partial charge < -0.3 is 5.32 Å². The molecule has 0 bridgehead atoms. The molecule has 28 heavy (non-hydrogen) atoms. The molecule has 0 fully saturated rings. The predicted molar refractivity (Wildman–Crippen MR) is 109 cm³/mol. The fraction of sp³-hybridized carbons (Fsp3) is 0.316. The lowest BCUT2D eigenvalue weighted by molar-refractivity contribution is -0.385. The van der Waals surface area contributed by atoms with Crippen LogP contribution < -0.4 is 9.62 Å². The molecule has 1 atom stereocenters. The molecule has 2 rings (SSSR count). The summed E-state index contributed by atoms with van der Waals surface area (Å²) < 4.78 is 26.0. The molecular formula is C19H23N3O5S. The number of nitrogens with zero attached hydrogens (tertiary/aromatic N) is 2. The molecule has 1 amide bonds. The van der Waals surface area contributed by atoms with E-state index in [1.54, 1.807) is 19.1 Å². The van der Waals surface area contributed by atoms with Gasteiger partial charge in [-0.2, -0.15) is 0 Å². The van der Waals surface area contributed by atoms with Gasteiger partial charge in [-0.1, -0.05) is 18.2 Å². The number of rotatable bonds is 6. The number of carbonyl (C=O) groups is 1. The molecule has 1 N–H and O–H groups in total. The fourth-order valence-corrected chi connectivity index (χ4v) is 4.16. The van der Waals surface area contributed by atoms with Crippen molar-refractivity contribution in [2.45, 2.75) is 33.7 Å². The third kappa shape index (κ3) is 4.48. The average Bonchev–Trinajstić information content (AvgIpc) is 2.58. The molecule has 0 aromatic heterocycles. The lowest BCUT2D eigenvalue weighted by atomic mass is 10.1. The van der Waals surface area contributed by atoms with E-state index in [4.69, 9.17) is 0 Å². The van der Waals surface area contributed by atoms with E-state index < -0.39 is 26.9 Å². The van der Waals surface area contributed by atoms with Crippen LogP contribution in [0.25, 0.3) is 0 Å². The van der Waals surface area contributed by atoms with Gasteiger partial charge in [-0.15, -0.1) is 0 Å². The van der Waals surface area contributed by atoms with Crippen LogP contribution in [0.1, 0.15) is 23.6 Å². The fourth-order valence-electron chi connectivity index (χ4n) is 2.93. The highest BCUT2D eigenvalue weighted by Gasteiger charge is 2.30. The third-order valence-corrected chi connectivity index (χ3v) is 5.68. The molecule has 0 saturated heterocycles. The quantitative estimate of drug-likeness (QED) is 0.586. The Kier molecular flexibility index (Phi) is 6.08. The van der Waals surface area contributed by atoms with Crippen LogP contribution in [0.15, 0.2) is 36.4 Å². The molecule has 0 saturated carbocycles. The van der Waals surface area contributed by atoms with E-state index in [1.165, 1.54) is 32.0 Å². The van der Waals surface area contributed by atoms with Crippen molar-refractivity contribution in [3.05, 3.63) is 63.2 Å². The van der Waals surface area contributed by atoms with Gasteiger partial charge in [-0.25, -0.2) is 8.42 Å². The molecule has 0 spiro atoms. The summed E-state index contributed by atoms with van der Waals surface area (Å²) in [6.07, 6.45) is 1.04. The van der Waals surface area contributed by atoms with Crippen molar-refractivity contribution in [1.29, 1.82) is 0 Å². The molecule has 2 aromatic carbocycles. The maximum absolute atomic E-state index is 12.8. The van der Waals surface area contributed by atoms with Crippen LogP contribution in [0.5, 0.6) is 0 Å². The van der Waals surface area contributed by atoms with E-state index in [-0.39, 0.29) is 11.4 Å². The van der Waals surface area contributed by atoms with E-state index in [0.29, 0.717) is 16.8 Å². The van der Waals surface area contributed by atoms with Crippen LogP contribution in [0, 0.1) is 30.9 Å². The van der Waals surface area contributed by atoms with Crippen molar-refractivity contribution in [3.63, 3.8) is 0 Å². The zero-order valence-electron chi connectivity index (χ0n) is 16.4. The number of amides is 1. The van der Waals surface area contributed by atoms with Gasteiger partial charge in [0.15, 0.2) is 0 Å². The maximum Gasteiger partial charge on any atom is 0.274 e. The number of hydrogen-bond donors (Lipinski definition) is 1. The predicted octanol–water partition coefficient (Wildman–Crippen LogP) is 3.31. The largest absolute Gasteiger partial charge is 0.324 e. The second kappa shape index (κ2) is 7.97. The molecule has 9 heteroatoms. The molecule has 0 aliphatic carbocycles. The van der Waals surface area contributed by atoms with Crippen molar-refractivity contribution in [3.8, 4) is 0 Å². The van der Waals surface area contributed by atoms with Gasteiger partial charge in [0.05, 0.1) is 28.1 Å². The molecule has 0 radical (unpaired) electrons. The number of hydrogen-bond acceptors (Lipinski definition) is 5. The lowest BCUT2D eigenvalue weighted by Crippen LogP contribution is -2.45. The van der Waals surface area contributed by atoms with Crippen molar-refractivity contribution in [2.75, 3.05) is 15.9 Å². The average molecular weight is 405 g/mol. The molecule has 0 heterocycles. The highest BCUT2D eigenvalue weighted by Crippen LogP contribution is 2.28. The van der Waals surface area contributed by atoms with E-state index in [0.717, 1.165) is 16.1 Å². The Morgan fingerprint density at radius 2 is 1.82 bits per heavy atom. The summed E-state index contributed by atoms with van der Waals surface area (Å²) in [5.41, 5.74) is 2.42. The summed E-state index contributed by atoms with van der Waals surface area (Å²) in [7, 11) is -3.76. The number of aryl methyl sites for hydroxylation is 2. The van der Waals surface area contributed by atoms with E-state index in [2.05, 4.69) is 5.32 Å². The number of sulfonamides is 1. The van der Waals surface area contributed by atoms with Crippen LogP contribution in [0.3, 0.4) is 0 Å². The summed E-state index contributed by atoms with van der Waals surface area (Å²) in [6, 6.07) is 8.63. The second-order valence-electron chi connectivity index (χ2n) is 6.72. The highest BCUT2D eigenvalue weighted by molar-refractivity contribution is 7.92. The number of nitro benzene ring substituents is 1. The maximum atomic E-state index is 12.8. The zero-order chi connectivity index (χ0) is 21.2. The Labute approximate surface area is 164 Å². The van der Waals surface area contributed by atoms with Crippen molar-refractivity contribution >= 4 is 33.0 Å². The van der Waals surface area contributed by atoms with Crippen molar-refractivity contribution < 1.29 is 18.1 Å². The van der Waals surface area contributed by atoms with Crippen LogP contribution in [0.2, 0.25) is 0 Å². The standard InChI is InChI=1S/C19H23N3O5S/c1-12-9-10-13(2)18(11-12)21(28(5,26)27)15(4)19(23)20-16-7-6-8-17(14(16)3)22(24)25/h6-11,15H,1-5H3,(H,20,23)/t15-/m1/s1. The van der Waals surface area contributed by atoms with Gasteiger partial charge in [0, 0.05) is 6.07 Å². The van der Waals surface area contributed by atoms with E-state index in [9.17, 15) is 23.3 Å². The first-order chi connectivity index (χ1) is 12.9. The Morgan fingerprint density at radius 3 is 2.39 bits per heavy atom. The second-order valence-corrected chi connectivity index (χ2v) is 8.58. The van der Waals surface area contributed by atoms with Crippen LogP contribution >= 0.6 is 0 Å². The highest BCUT2D eigenvalue weighted by atomic mass is 32.2. The van der Waals surface area contributed by atoms with Gasteiger partial charge >= 0.3 is 0 Å². The number of carbonyl (C=O) groups excluding carboxylic acids is 1. The first-order valence-electron chi connectivity index (χ1n) is 8.55. The molecule has 0 unspecified atom stereocenters. The van der Waals surface area contributed by atoms with E-state index >= 15 is 0 Å². The van der Waals surface area contributed by atoms with Gasteiger partial charge in [-0.3, -0.25) is 19.2 Å². The lowest BCUT2D eigenvalue weighted by Gasteiger charge is -2.30. The van der Waals surface area contributed by atoms with Gasteiger partial charge in [0.1, 0.15) is 6.04 Å². The minimum Gasteiger partial charge on any atom is -0.324 e. The molecule has 2 aromatic rings. The SMILES string of the molecule is Cc1ccc(C)c(N([C@H](C)C(=O)Nc2cccc([N+](=O)[O-])c2C)S(C)(=O)=O)c1. The van der Waals surface area contributed by atoms with Crippen molar-refractivity contribution in [2.24, 2.45) is 0 Å². The van der Waals surface area contributed by atoms with Crippen LogP contribution in [0.4, 0.5) is 17.1 Å². The Morgan fingerprint density at radius 1 is 1.18 bits per heavy atom. The van der Waals surface area contributed by atoms with Gasteiger partial charge in [0.2, 0.25) is 15.9 Å². The summed E-state index contributed by atoms with van der Waals surface area (Å²) in [5, 5.41) is 13.7. The first kappa shape index (κ1) is 21.4. The summed E-state index contributed by atoms with van der Waals surface area (Å²) in [6.45, 7) is 6.60. The Hall–Kier alpha value is -2.94. The number of anilines is 2. The summed E-state index contributed by atoms with van der Waals surface area (Å²) >= 11 is 0. The zero-order valence-corrected chi connectivity index (χ0v) is 17.2. The number of nitro groups is 1. The number of nitrogens with one attached hydrogen (secondary N) is 1. The molecular weight excluding hydrogens is 382 g/mol. The third-order valence-electron chi connectivity index (χ3n) is 4.45. The molecule has 0 aliphatic rings. The van der Waals surface area contributed by atoms with Gasteiger partial charge in [-0.05, 0) is 51.0 Å². The minimum absolute atomic E-state index is 0.125. The van der Waals surface area contributed by atoms with Crippen LogP contribution in [-0.2, 0) is 14.8 Å². The summed E-state index contributed by atoms with van der Waals surface area (Å²) in [5.74, 6) is -0.588. The number of benzene rings is 2. The van der Waals surface area contributed by atoms with Crippen LogP contribution in [-0.4, -0.2) is 31.5 Å².